The van der Waals surface area contributed by atoms with Crippen LogP contribution in [0.3, 0.4) is 0 Å². The van der Waals surface area contributed by atoms with Gasteiger partial charge in [0.2, 0.25) is 0 Å². The van der Waals surface area contributed by atoms with Gasteiger partial charge in [0.15, 0.2) is 0 Å². The number of sulfone groups is 1. The van der Waals surface area contributed by atoms with Gasteiger partial charge in [-0.3, -0.25) is 0 Å². The van der Waals surface area contributed by atoms with Crippen LogP contribution in [-0.4, -0.2) is 33.0 Å². The molecule has 1 aromatic carbocycles. The van der Waals surface area contributed by atoms with Crippen LogP contribution in [0.25, 0.3) is 0 Å². The predicted octanol–water partition coefficient (Wildman–Crippen LogP) is 1.47. The van der Waals surface area contributed by atoms with E-state index in [1.807, 2.05) is 0 Å². The van der Waals surface area contributed by atoms with E-state index in [4.69, 9.17) is 0 Å². The van der Waals surface area contributed by atoms with Gasteiger partial charge in [-0.1, -0.05) is 6.07 Å². The molecular weight excluding hydrogens is 243 g/mol. The first-order valence-corrected chi connectivity index (χ1v) is 7.48. The molecule has 0 aliphatic carbocycles. The van der Waals surface area contributed by atoms with E-state index in [1.165, 1.54) is 12.3 Å². The van der Waals surface area contributed by atoms with Gasteiger partial charge in [-0.15, -0.1) is 0 Å². The van der Waals surface area contributed by atoms with E-state index in [0.29, 0.717) is 24.3 Å². The zero-order valence-corrected chi connectivity index (χ0v) is 10.3. The molecule has 1 aliphatic rings. The number of anilines is 2. The normalized spacial score (nSPS) is 19.1. The van der Waals surface area contributed by atoms with Gasteiger partial charge in [0.05, 0.1) is 17.1 Å². The highest BCUT2D eigenvalue weighted by Crippen LogP contribution is 2.29. The van der Waals surface area contributed by atoms with Crippen LogP contribution < -0.4 is 10.6 Å². The maximum atomic E-state index is 13.4. The molecule has 6 heteroatoms. The molecule has 1 heterocycles. The Balaban J connectivity index is 2.04. The van der Waals surface area contributed by atoms with Crippen molar-refractivity contribution in [3.8, 4) is 0 Å². The third-order valence-electron chi connectivity index (χ3n) is 2.74. The average molecular weight is 258 g/mol. The monoisotopic (exact) mass is 258 g/mol. The molecule has 0 bridgehead atoms. The van der Waals surface area contributed by atoms with Gasteiger partial charge in [0.25, 0.3) is 0 Å². The van der Waals surface area contributed by atoms with Crippen molar-refractivity contribution in [2.24, 2.45) is 0 Å². The summed E-state index contributed by atoms with van der Waals surface area (Å²) in [4.78, 5) is 0. The second kappa shape index (κ2) is 4.52. The average Bonchev–Trinajstić information content (AvgIpc) is 2.26. The van der Waals surface area contributed by atoms with Crippen molar-refractivity contribution in [3.63, 3.8) is 0 Å². The Kier molecular flexibility index (Phi) is 3.24. The highest BCUT2D eigenvalue weighted by molar-refractivity contribution is 7.90. The fourth-order valence-corrected chi connectivity index (χ4v) is 2.56. The molecule has 0 amide bonds. The first-order valence-electron chi connectivity index (χ1n) is 5.42. The molecule has 94 valence electrons. The number of halogens is 1. The van der Waals surface area contributed by atoms with Crippen LogP contribution in [0.4, 0.5) is 15.8 Å². The van der Waals surface area contributed by atoms with Gasteiger partial charge in [-0.2, -0.15) is 0 Å². The van der Waals surface area contributed by atoms with Crippen molar-refractivity contribution in [1.29, 1.82) is 0 Å². The lowest BCUT2D eigenvalue weighted by molar-refractivity contribution is 0.592. The standard InChI is InChI=1S/C11H15FN2O2S/c1-17(15,16)6-5-8-7-13-11-9(12)3-2-4-10(11)14-8/h2-4,8,13-14H,5-7H2,1H3. The van der Waals surface area contributed by atoms with Crippen LogP contribution in [-0.2, 0) is 9.84 Å². The van der Waals surface area contributed by atoms with Gasteiger partial charge in [0.1, 0.15) is 15.7 Å². The van der Waals surface area contributed by atoms with Crippen molar-refractivity contribution in [2.75, 3.05) is 29.2 Å². The molecule has 1 unspecified atom stereocenters. The summed E-state index contributed by atoms with van der Waals surface area (Å²) in [5.74, 6) is -0.159. The summed E-state index contributed by atoms with van der Waals surface area (Å²) in [6.07, 6.45) is 1.73. The number of fused-ring (bicyclic) bond motifs is 1. The van der Waals surface area contributed by atoms with Gasteiger partial charge >= 0.3 is 0 Å². The van der Waals surface area contributed by atoms with Gasteiger partial charge in [0, 0.05) is 18.8 Å². The number of para-hydroxylation sites is 1. The Labute approximate surface area is 100 Å². The van der Waals surface area contributed by atoms with Crippen LogP contribution >= 0.6 is 0 Å². The minimum atomic E-state index is -2.95. The first-order chi connectivity index (χ1) is 7.96. The SMILES string of the molecule is CS(=O)(=O)CCC1CNc2c(F)cccc2N1. The molecule has 1 aromatic rings. The lowest BCUT2D eigenvalue weighted by Gasteiger charge is -2.28. The maximum Gasteiger partial charge on any atom is 0.148 e. The Morgan fingerprint density at radius 3 is 2.94 bits per heavy atom. The summed E-state index contributed by atoms with van der Waals surface area (Å²) in [5, 5.41) is 6.13. The third kappa shape index (κ3) is 3.09. The van der Waals surface area contributed by atoms with Crippen LogP contribution in [0.5, 0.6) is 0 Å². The van der Waals surface area contributed by atoms with Crippen molar-refractivity contribution in [2.45, 2.75) is 12.5 Å². The number of hydrogen-bond donors (Lipinski definition) is 2. The molecule has 0 aromatic heterocycles. The molecule has 0 radical (unpaired) electrons. The zero-order chi connectivity index (χ0) is 12.5. The third-order valence-corrected chi connectivity index (χ3v) is 3.71. The second-order valence-electron chi connectivity index (χ2n) is 4.30. The highest BCUT2D eigenvalue weighted by atomic mass is 32.2. The van der Waals surface area contributed by atoms with Crippen LogP contribution in [0.2, 0.25) is 0 Å². The quantitative estimate of drug-likeness (QED) is 0.862. The van der Waals surface area contributed by atoms with E-state index in [1.54, 1.807) is 12.1 Å². The highest BCUT2D eigenvalue weighted by Gasteiger charge is 2.20. The van der Waals surface area contributed by atoms with Crippen molar-refractivity contribution >= 4 is 21.2 Å². The van der Waals surface area contributed by atoms with E-state index in [9.17, 15) is 12.8 Å². The summed E-state index contributed by atoms with van der Waals surface area (Å²) in [6.45, 7) is 0.531. The number of benzene rings is 1. The van der Waals surface area contributed by atoms with Gasteiger partial charge in [-0.25, -0.2) is 12.8 Å². The number of nitrogens with one attached hydrogen (secondary N) is 2. The zero-order valence-electron chi connectivity index (χ0n) is 9.53. The molecule has 2 rings (SSSR count). The Morgan fingerprint density at radius 2 is 2.24 bits per heavy atom. The molecule has 0 saturated heterocycles. The molecule has 0 fully saturated rings. The Morgan fingerprint density at radius 1 is 1.47 bits per heavy atom. The predicted molar refractivity (Wildman–Crippen MR) is 66.6 cm³/mol. The molecule has 17 heavy (non-hydrogen) atoms. The van der Waals surface area contributed by atoms with Crippen LogP contribution in [0.15, 0.2) is 18.2 Å². The first kappa shape index (κ1) is 12.2. The van der Waals surface area contributed by atoms with Crippen molar-refractivity contribution in [1.82, 2.24) is 0 Å². The van der Waals surface area contributed by atoms with Gasteiger partial charge < -0.3 is 10.6 Å². The summed E-state index contributed by atoms with van der Waals surface area (Å²) in [6, 6.07) is 4.81. The van der Waals surface area contributed by atoms with Gasteiger partial charge in [-0.05, 0) is 18.6 Å². The van der Waals surface area contributed by atoms with Crippen molar-refractivity contribution < 1.29 is 12.8 Å². The Hall–Kier alpha value is -1.30. The minimum Gasteiger partial charge on any atom is -0.379 e. The fraction of sp³-hybridized carbons (Fsp3) is 0.455. The van der Waals surface area contributed by atoms with E-state index in [0.717, 1.165) is 0 Å². The van der Waals surface area contributed by atoms with Crippen molar-refractivity contribution in [3.05, 3.63) is 24.0 Å². The Bertz CT molecular complexity index is 516. The summed E-state index contributed by atoms with van der Waals surface area (Å²) < 4.78 is 35.5. The molecule has 4 nitrogen and oxygen atoms in total. The van der Waals surface area contributed by atoms with E-state index in [-0.39, 0.29) is 17.6 Å². The number of rotatable bonds is 3. The molecular formula is C11H15FN2O2S. The maximum absolute atomic E-state index is 13.4. The largest absolute Gasteiger partial charge is 0.379 e. The van der Waals surface area contributed by atoms with E-state index in [2.05, 4.69) is 10.6 Å². The summed E-state index contributed by atoms with van der Waals surface area (Å²) >= 11 is 0. The molecule has 0 spiro atoms. The summed E-state index contributed by atoms with van der Waals surface area (Å²) in [7, 11) is -2.95. The smallest absolute Gasteiger partial charge is 0.148 e. The molecule has 2 N–H and O–H groups in total. The fourth-order valence-electron chi connectivity index (χ4n) is 1.85. The topological polar surface area (TPSA) is 58.2 Å². The minimum absolute atomic E-state index is 0.0130. The lowest BCUT2D eigenvalue weighted by Crippen LogP contribution is -2.34. The second-order valence-corrected chi connectivity index (χ2v) is 6.56. The van der Waals surface area contributed by atoms with E-state index >= 15 is 0 Å². The molecule has 1 aliphatic heterocycles. The summed E-state index contributed by atoms with van der Waals surface area (Å²) in [5.41, 5.74) is 1.15. The number of hydrogen-bond acceptors (Lipinski definition) is 4. The van der Waals surface area contributed by atoms with Crippen LogP contribution in [0.1, 0.15) is 6.42 Å². The van der Waals surface area contributed by atoms with Crippen LogP contribution in [0, 0.1) is 5.82 Å². The lowest BCUT2D eigenvalue weighted by atomic mass is 10.1. The molecule has 1 atom stereocenters. The molecule has 0 saturated carbocycles. The van der Waals surface area contributed by atoms with E-state index < -0.39 is 9.84 Å².